The molecule has 1 saturated carbocycles. The summed E-state index contributed by atoms with van der Waals surface area (Å²) in [5.41, 5.74) is 1.69. The van der Waals surface area contributed by atoms with E-state index in [0.29, 0.717) is 5.82 Å². The van der Waals surface area contributed by atoms with E-state index in [0.717, 1.165) is 49.8 Å². The van der Waals surface area contributed by atoms with Crippen molar-refractivity contribution < 1.29 is 0 Å². The first kappa shape index (κ1) is 19.5. The van der Waals surface area contributed by atoms with E-state index in [9.17, 15) is 9.59 Å². The summed E-state index contributed by atoms with van der Waals surface area (Å²) in [6.07, 6.45) is 17.4. The van der Waals surface area contributed by atoms with Crippen molar-refractivity contribution in [3.63, 3.8) is 0 Å². The third-order valence-electron chi connectivity index (χ3n) is 6.32. The molecule has 1 fully saturated rings. The summed E-state index contributed by atoms with van der Waals surface area (Å²) in [5, 5.41) is 0. The van der Waals surface area contributed by atoms with Gasteiger partial charge in [-0.1, -0.05) is 70.6 Å². The number of hydrogen-bond donors (Lipinski definition) is 0. The van der Waals surface area contributed by atoms with Crippen LogP contribution < -0.4 is 11.2 Å². The minimum absolute atomic E-state index is 0.0397. The Labute approximate surface area is 158 Å². The second kappa shape index (κ2) is 9.61. The quantitative estimate of drug-likeness (QED) is 0.752. The predicted octanol–water partition coefficient (Wildman–Crippen LogP) is 3.99. The molecule has 1 heterocycles. The molecule has 1 aromatic rings. The SMILES string of the molecule is Cn1c2c(c(=O)n([B]C3CCCCCCCCC3)c1=O)CCCCCC2. The van der Waals surface area contributed by atoms with Gasteiger partial charge in [0.1, 0.15) is 0 Å². The number of rotatable bonds is 2. The minimum Gasteiger partial charge on any atom is -0.312 e. The number of nitrogens with zero attached hydrogens (tertiary/aromatic N) is 2. The topological polar surface area (TPSA) is 44.0 Å². The molecule has 0 N–H and O–H groups in total. The van der Waals surface area contributed by atoms with E-state index in [-0.39, 0.29) is 11.2 Å². The van der Waals surface area contributed by atoms with Gasteiger partial charge in [0.25, 0.3) is 7.41 Å². The molecule has 2 aliphatic carbocycles. The van der Waals surface area contributed by atoms with Crippen LogP contribution in [0.3, 0.4) is 0 Å². The number of fused-ring (bicyclic) bond motifs is 1. The van der Waals surface area contributed by atoms with E-state index in [2.05, 4.69) is 0 Å². The number of aromatic nitrogens is 2. The highest BCUT2D eigenvalue weighted by atomic mass is 16.2. The first-order valence-electron chi connectivity index (χ1n) is 10.9. The van der Waals surface area contributed by atoms with Crippen LogP contribution in [0, 0.1) is 0 Å². The Morgan fingerprint density at radius 2 is 1.31 bits per heavy atom. The lowest BCUT2D eigenvalue weighted by Gasteiger charge is -2.22. The van der Waals surface area contributed by atoms with Crippen molar-refractivity contribution in [2.45, 2.75) is 102 Å². The fourth-order valence-electron chi connectivity index (χ4n) is 4.69. The van der Waals surface area contributed by atoms with E-state index in [1.165, 1.54) is 62.3 Å². The van der Waals surface area contributed by atoms with Gasteiger partial charge in [0.15, 0.2) is 0 Å². The van der Waals surface area contributed by atoms with Crippen LogP contribution in [-0.4, -0.2) is 16.5 Å². The van der Waals surface area contributed by atoms with Crippen molar-refractivity contribution >= 4 is 7.41 Å². The van der Waals surface area contributed by atoms with Crippen LogP contribution in [0.15, 0.2) is 9.59 Å². The molecule has 0 saturated heterocycles. The number of hydrogen-bond acceptors (Lipinski definition) is 2. The highest BCUT2D eigenvalue weighted by Gasteiger charge is 2.21. The van der Waals surface area contributed by atoms with E-state index >= 15 is 0 Å². The summed E-state index contributed by atoms with van der Waals surface area (Å²) in [6.45, 7) is 0. The Bertz CT molecular complexity index is 697. The van der Waals surface area contributed by atoms with Crippen LogP contribution in [0.5, 0.6) is 0 Å². The molecule has 5 heteroatoms. The van der Waals surface area contributed by atoms with Crippen LogP contribution in [0.2, 0.25) is 5.82 Å². The lowest BCUT2D eigenvalue weighted by molar-refractivity contribution is 0.499. The molecule has 2 aliphatic rings. The van der Waals surface area contributed by atoms with E-state index < -0.39 is 0 Å². The Hall–Kier alpha value is -1.26. The largest absolute Gasteiger partial charge is 0.318 e. The Morgan fingerprint density at radius 3 is 1.96 bits per heavy atom. The summed E-state index contributed by atoms with van der Waals surface area (Å²) in [6, 6.07) is 0. The van der Waals surface area contributed by atoms with Gasteiger partial charge in [-0.05, 0) is 31.5 Å². The smallest absolute Gasteiger partial charge is 0.312 e. The van der Waals surface area contributed by atoms with Crippen LogP contribution in [0.1, 0.15) is 94.7 Å². The normalized spacial score (nSPS) is 20.7. The molecule has 4 nitrogen and oxygen atoms in total. The van der Waals surface area contributed by atoms with Crippen molar-refractivity contribution in [3.8, 4) is 0 Å². The van der Waals surface area contributed by atoms with Crippen molar-refractivity contribution in [2.75, 3.05) is 0 Å². The Morgan fingerprint density at radius 1 is 0.769 bits per heavy atom. The lowest BCUT2D eigenvalue weighted by atomic mass is 9.69. The highest BCUT2D eigenvalue weighted by Crippen LogP contribution is 2.25. The first-order chi connectivity index (χ1) is 12.7. The van der Waals surface area contributed by atoms with Crippen molar-refractivity contribution in [1.82, 2.24) is 9.05 Å². The van der Waals surface area contributed by atoms with Crippen LogP contribution in [0.25, 0.3) is 0 Å². The molecule has 0 unspecified atom stereocenters. The van der Waals surface area contributed by atoms with Gasteiger partial charge < -0.3 is 9.05 Å². The molecule has 3 rings (SSSR count). The zero-order chi connectivity index (χ0) is 18.4. The van der Waals surface area contributed by atoms with E-state index in [1.54, 1.807) is 4.57 Å². The van der Waals surface area contributed by atoms with Gasteiger partial charge in [0.2, 0.25) is 5.56 Å². The van der Waals surface area contributed by atoms with Crippen LogP contribution >= 0.6 is 0 Å². The fourth-order valence-corrected chi connectivity index (χ4v) is 4.69. The Balaban J connectivity index is 1.86. The van der Waals surface area contributed by atoms with Crippen LogP contribution in [0.4, 0.5) is 0 Å². The van der Waals surface area contributed by atoms with Crippen molar-refractivity contribution in [1.29, 1.82) is 0 Å². The highest BCUT2D eigenvalue weighted by molar-refractivity contribution is 6.35. The molecule has 0 spiro atoms. The average molecular weight is 357 g/mol. The molecule has 0 aliphatic heterocycles. The first-order valence-corrected chi connectivity index (χ1v) is 10.9. The average Bonchev–Trinajstić information content (AvgIpc) is 2.62. The van der Waals surface area contributed by atoms with E-state index in [1.807, 2.05) is 14.5 Å². The standard InChI is InChI=1S/C21H34BN2O2/c1-23-19-16-12-8-7-11-15-18(19)20(25)24(21(23)26)22-17-13-9-5-3-2-4-6-10-14-17/h17H,2-16H2,1H3. The molecule has 0 bridgehead atoms. The lowest BCUT2D eigenvalue weighted by Crippen LogP contribution is -2.46. The summed E-state index contributed by atoms with van der Waals surface area (Å²) in [4.78, 5) is 26.0. The predicted molar refractivity (Wildman–Crippen MR) is 108 cm³/mol. The zero-order valence-electron chi connectivity index (χ0n) is 16.5. The molecular weight excluding hydrogens is 323 g/mol. The maximum atomic E-state index is 13.1. The summed E-state index contributed by atoms with van der Waals surface area (Å²) < 4.78 is 3.20. The van der Waals surface area contributed by atoms with Crippen molar-refractivity contribution in [2.24, 2.45) is 7.05 Å². The van der Waals surface area contributed by atoms with Gasteiger partial charge in [-0.15, -0.1) is 0 Å². The molecule has 0 atom stereocenters. The van der Waals surface area contributed by atoms with E-state index in [4.69, 9.17) is 0 Å². The van der Waals surface area contributed by atoms with Crippen LogP contribution in [-0.2, 0) is 19.9 Å². The van der Waals surface area contributed by atoms with Gasteiger partial charge in [-0.2, -0.15) is 0 Å². The molecule has 1 aromatic heterocycles. The third kappa shape index (κ3) is 4.72. The summed E-state index contributed by atoms with van der Waals surface area (Å²) in [7, 11) is 3.82. The van der Waals surface area contributed by atoms with Crippen molar-refractivity contribution in [3.05, 3.63) is 32.1 Å². The molecule has 1 radical (unpaired) electrons. The van der Waals surface area contributed by atoms with Gasteiger partial charge >= 0.3 is 5.69 Å². The van der Waals surface area contributed by atoms with Gasteiger partial charge in [-0.3, -0.25) is 4.79 Å². The zero-order valence-corrected chi connectivity index (χ0v) is 16.5. The summed E-state index contributed by atoms with van der Waals surface area (Å²) >= 11 is 0. The molecule has 143 valence electrons. The fraction of sp³-hybridized carbons (Fsp3) is 0.810. The van der Waals surface area contributed by atoms with Gasteiger partial charge in [0, 0.05) is 18.3 Å². The molecular formula is C21H34BN2O2. The monoisotopic (exact) mass is 357 g/mol. The van der Waals surface area contributed by atoms with Gasteiger partial charge in [-0.25, -0.2) is 4.79 Å². The molecule has 0 amide bonds. The Kier molecular flexibility index (Phi) is 7.21. The second-order valence-corrected chi connectivity index (χ2v) is 8.32. The maximum absolute atomic E-state index is 13.1. The second-order valence-electron chi connectivity index (χ2n) is 8.32. The third-order valence-corrected chi connectivity index (χ3v) is 6.32. The summed E-state index contributed by atoms with van der Waals surface area (Å²) in [5.74, 6) is 0.352. The molecule has 26 heavy (non-hydrogen) atoms. The molecule has 0 aromatic carbocycles. The minimum atomic E-state index is -0.147. The maximum Gasteiger partial charge on any atom is 0.318 e. The van der Waals surface area contributed by atoms with Gasteiger partial charge in [0.05, 0.1) is 0 Å².